The fraction of sp³-hybridized carbons (Fsp3) is 0.581. The van der Waals surface area contributed by atoms with Crippen molar-refractivity contribution in [2.45, 2.75) is 83.0 Å². The van der Waals surface area contributed by atoms with Gasteiger partial charge in [0.15, 0.2) is 9.84 Å². The van der Waals surface area contributed by atoms with E-state index in [9.17, 15) is 18.3 Å². The van der Waals surface area contributed by atoms with Crippen molar-refractivity contribution in [1.29, 1.82) is 0 Å². The highest BCUT2D eigenvalue weighted by molar-refractivity contribution is 7.91. The molecule has 0 radical (unpaired) electrons. The Morgan fingerprint density at radius 2 is 1.77 bits per heavy atom. The van der Waals surface area contributed by atoms with Gasteiger partial charge in [-0.25, -0.2) is 8.42 Å². The topological polar surface area (TPSA) is 95.9 Å². The summed E-state index contributed by atoms with van der Waals surface area (Å²) in [5.74, 6) is 0.901. The maximum atomic E-state index is 13.2. The Balaban J connectivity index is 1.44. The molecule has 1 aliphatic carbocycles. The first kappa shape index (κ1) is 29.7. The summed E-state index contributed by atoms with van der Waals surface area (Å²) in [6, 6.07) is 12.0. The zero-order valence-electron chi connectivity index (χ0n) is 23.7. The maximum absolute atomic E-state index is 13.2. The predicted molar refractivity (Wildman–Crippen MR) is 153 cm³/mol. The van der Waals surface area contributed by atoms with E-state index in [1.54, 1.807) is 19.1 Å². The number of nitrogens with one attached hydrogen (secondary N) is 1. The van der Waals surface area contributed by atoms with Crippen molar-refractivity contribution in [3.63, 3.8) is 0 Å². The molecule has 214 valence electrons. The van der Waals surface area contributed by atoms with E-state index in [0.717, 1.165) is 32.5 Å². The van der Waals surface area contributed by atoms with Crippen LogP contribution in [0.15, 0.2) is 47.4 Å². The van der Waals surface area contributed by atoms with Crippen LogP contribution in [0.2, 0.25) is 0 Å². The first-order chi connectivity index (χ1) is 18.7. The number of fused-ring (bicyclic) bond motifs is 1. The molecule has 1 amide bonds. The van der Waals surface area contributed by atoms with Crippen molar-refractivity contribution < 1.29 is 23.1 Å². The monoisotopic (exact) mass is 556 g/mol. The van der Waals surface area contributed by atoms with Crippen LogP contribution < -0.4 is 5.32 Å². The number of sulfone groups is 1. The van der Waals surface area contributed by atoms with Gasteiger partial charge in [0.1, 0.15) is 0 Å². The molecule has 1 aliphatic heterocycles. The van der Waals surface area contributed by atoms with E-state index in [1.165, 1.54) is 36.1 Å². The molecule has 0 saturated heterocycles. The van der Waals surface area contributed by atoms with E-state index < -0.39 is 15.9 Å². The second-order valence-electron chi connectivity index (χ2n) is 11.3. The number of carbonyl (C=O) groups excluding carboxylic acids is 1. The van der Waals surface area contributed by atoms with E-state index in [0.29, 0.717) is 35.1 Å². The average molecular weight is 557 g/mol. The summed E-state index contributed by atoms with van der Waals surface area (Å²) in [5.41, 5.74) is 3.72. The average Bonchev–Trinajstić information content (AvgIpc) is 3.30. The molecule has 0 bridgehead atoms. The quantitative estimate of drug-likeness (QED) is 0.402. The number of amides is 1. The Bertz CT molecular complexity index is 1220. The largest absolute Gasteiger partial charge is 0.394 e. The number of aliphatic hydroxyl groups is 1. The highest BCUT2D eigenvalue weighted by Crippen LogP contribution is 2.41. The number of nitrogens with zero attached hydrogens (tertiary/aromatic N) is 1. The summed E-state index contributed by atoms with van der Waals surface area (Å²) in [7, 11) is -3.31. The standard InChI is InChI=1S/C31H44N2O5S/c1-5-38-26-12-7-22(8-13-26)18-33-19-25-17-24(11-16-28(25)30(33)21(3)4)31(35)32-29(20-34)23-9-14-27(15-10-23)39(36,37)6-2/h9-11,14-17,21-22,26,29-30,34H,5-8,12-13,18-20H2,1-4H3,(H,32,35)/t22-,26-,29-,30-/m0/s1. The lowest BCUT2D eigenvalue weighted by molar-refractivity contribution is 0.0175. The van der Waals surface area contributed by atoms with E-state index >= 15 is 0 Å². The Kier molecular flexibility index (Phi) is 9.86. The van der Waals surface area contributed by atoms with Gasteiger partial charge in [-0.3, -0.25) is 9.69 Å². The number of ether oxygens (including phenoxy) is 1. The second-order valence-corrected chi connectivity index (χ2v) is 13.6. The highest BCUT2D eigenvalue weighted by Gasteiger charge is 2.35. The van der Waals surface area contributed by atoms with E-state index in [1.807, 2.05) is 12.1 Å². The first-order valence-electron chi connectivity index (χ1n) is 14.4. The minimum Gasteiger partial charge on any atom is -0.394 e. The van der Waals surface area contributed by atoms with Gasteiger partial charge in [0.2, 0.25) is 0 Å². The molecule has 2 aliphatic rings. The van der Waals surface area contributed by atoms with Crippen LogP contribution in [0.25, 0.3) is 0 Å². The van der Waals surface area contributed by atoms with Gasteiger partial charge in [-0.05, 0) is 85.4 Å². The van der Waals surface area contributed by atoms with E-state index in [4.69, 9.17) is 4.74 Å². The van der Waals surface area contributed by atoms with Gasteiger partial charge in [0.05, 0.1) is 29.4 Å². The van der Waals surface area contributed by atoms with Crippen LogP contribution in [0.5, 0.6) is 0 Å². The third kappa shape index (κ3) is 6.91. The molecule has 8 heteroatoms. The van der Waals surface area contributed by atoms with Crippen LogP contribution in [0.4, 0.5) is 0 Å². The number of aliphatic hydroxyl groups excluding tert-OH is 1. The van der Waals surface area contributed by atoms with Crippen LogP contribution in [0, 0.1) is 11.8 Å². The van der Waals surface area contributed by atoms with E-state index in [2.05, 4.69) is 37.1 Å². The smallest absolute Gasteiger partial charge is 0.251 e. The maximum Gasteiger partial charge on any atom is 0.251 e. The van der Waals surface area contributed by atoms with Crippen LogP contribution in [-0.4, -0.2) is 55.9 Å². The van der Waals surface area contributed by atoms with Crippen molar-refractivity contribution in [3.8, 4) is 0 Å². The molecule has 0 unspecified atom stereocenters. The lowest BCUT2D eigenvalue weighted by Crippen LogP contribution is -2.33. The molecule has 1 saturated carbocycles. The second kappa shape index (κ2) is 12.9. The van der Waals surface area contributed by atoms with Gasteiger partial charge in [0.25, 0.3) is 5.91 Å². The van der Waals surface area contributed by atoms with Crippen LogP contribution in [-0.2, 0) is 21.1 Å². The van der Waals surface area contributed by atoms with Crippen LogP contribution in [0.3, 0.4) is 0 Å². The molecular weight excluding hydrogens is 512 g/mol. The van der Waals surface area contributed by atoms with Crippen LogP contribution in [0.1, 0.15) is 92.5 Å². The highest BCUT2D eigenvalue weighted by atomic mass is 32.2. The Hall–Kier alpha value is -2.26. The molecule has 0 spiro atoms. The summed E-state index contributed by atoms with van der Waals surface area (Å²) >= 11 is 0. The minimum atomic E-state index is -3.31. The zero-order valence-corrected chi connectivity index (χ0v) is 24.5. The summed E-state index contributed by atoms with van der Waals surface area (Å²) in [4.78, 5) is 16.0. The van der Waals surface area contributed by atoms with Gasteiger partial charge in [-0.15, -0.1) is 0 Å². The zero-order chi connectivity index (χ0) is 28.2. The summed E-state index contributed by atoms with van der Waals surface area (Å²) in [6.45, 7) is 10.6. The van der Waals surface area contributed by atoms with Crippen molar-refractivity contribution in [2.24, 2.45) is 11.8 Å². The molecule has 4 rings (SSSR count). The number of hydrogen-bond donors (Lipinski definition) is 2. The molecule has 7 nitrogen and oxygen atoms in total. The minimum absolute atomic E-state index is 0.0228. The van der Waals surface area contributed by atoms with E-state index in [-0.39, 0.29) is 23.2 Å². The lowest BCUT2D eigenvalue weighted by Gasteiger charge is -2.35. The fourth-order valence-corrected chi connectivity index (χ4v) is 7.13. The van der Waals surface area contributed by atoms with Crippen molar-refractivity contribution in [1.82, 2.24) is 10.2 Å². The number of hydrogen-bond acceptors (Lipinski definition) is 6. The molecule has 39 heavy (non-hydrogen) atoms. The van der Waals surface area contributed by atoms with Gasteiger partial charge < -0.3 is 15.2 Å². The Morgan fingerprint density at radius 3 is 2.36 bits per heavy atom. The molecule has 0 aromatic heterocycles. The summed E-state index contributed by atoms with van der Waals surface area (Å²) < 4.78 is 30.1. The molecule has 2 aromatic carbocycles. The number of benzene rings is 2. The molecular formula is C31H44N2O5S. The Morgan fingerprint density at radius 1 is 1.08 bits per heavy atom. The van der Waals surface area contributed by atoms with Gasteiger partial charge >= 0.3 is 0 Å². The van der Waals surface area contributed by atoms with Crippen molar-refractivity contribution >= 4 is 15.7 Å². The van der Waals surface area contributed by atoms with Crippen molar-refractivity contribution in [2.75, 3.05) is 25.5 Å². The molecule has 1 heterocycles. The number of rotatable bonds is 11. The van der Waals surface area contributed by atoms with Crippen LogP contribution >= 0.6 is 0 Å². The SMILES string of the molecule is CCO[C@H]1CC[C@H](CN2Cc3cc(C(=O)N[C@@H](CO)c4ccc(S(=O)(=O)CC)cc4)ccc3[C@@H]2C(C)C)CC1. The molecule has 1 fully saturated rings. The summed E-state index contributed by atoms with van der Waals surface area (Å²) in [5, 5.41) is 12.9. The number of carbonyl (C=O) groups is 1. The fourth-order valence-electron chi connectivity index (χ4n) is 6.24. The molecule has 2 aromatic rings. The molecule has 2 N–H and O–H groups in total. The van der Waals surface area contributed by atoms with Crippen molar-refractivity contribution in [3.05, 3.63) is 64.7 Å². The molecule has 2 atom stereocenters. The van der Waals surface area contributed by atoms with Gasteiger partial charge in [-0.2, -0.15) is 0 Å². The lowest BCUT2D eigenvalue weighted by atomic mass is 9.86. The van der Waals surface area contributed by atoms with Gasteiger partial charge in [0, 0.05) is 31.3 Å². The summed E-state index contributed by atoms with van der Waals surface area (Å²) in [6.07, 6.45) is 5.08. The van der Waals surface area contributed by atoms with Gasteiger partial charge in [-0.1, -0.05) is 39.0 Å². The third-order valence-electron chi connectivity index (χ3n) is 8.32. The Labute approximate surface area is 233 Å². The predicted octanol–water partition coefficient (Wildman–Crippen LogP) is 5.05. The normalized spacial score (nSPS) is 22.6. The third-order valence-corrected chi connectivity index (χ3v) is 10.1. The first-order valence-corrected chi connectivity index (χ1v) is 16.0.